The number of hydrogen-bond acceptors (Lipinski definition) is 3. The van der Waals surface area contributed by atoms with Crippen LogP contribution in [0.25, 0.3) is 0 Å². The Balaban J connectivity index is 1.98. The highest BCUT2D eigenvalue weighted by atomic mass is 16.6. The summed E-state index contributed by atoms with van der Waals surface area (Å²) >= 11 is 0. The van der Waals surface area contributed by atoms with Crippen molar-refractivity contribution < 1.29 is 19.4 Å². The number of hydrogen-bond donors (Lipinski definition) is 1. The summed E-state index contributed by atoms with van der Waals surface area (Å²) in [6.07, 6.45) is -0.426. The van der Waals surface area contributed by atoms with E-state index in [4.69, 9.17) is 4.74 Å². The summed E-state index contributed by atoms with van der Waals surface area (Å²) in [5.41, 5.74) is 1.70. The average molecular weight is 313 g/mol. The molecule has 0 radical (unpaired) electrons. The highest BCUT2D eigenvalue weighted by Crippen LogP contribution is 2.11. The maximum absolute atomic E-state index is 12.1. The molecule has 0 saturated carbocycles. The molecule has 0 unspecified atom stereocenters. The van der Waals surface area contributed by atoms with Gasteiger partial charge in [-0.25, -0.2) is 9.59 Å². The van der Waals surface area contributed by atoms with Crippen LogP contribution in [0.5, 0.6) is 0 Å². The van der Waals surface area contributed by atoms with E-state index in [-0.39, 0.29) is 13.0 Å². The highest BCUT2D eigenvalue weighted by molar-refractivity contribution is 5.80. The molecule has 0 aliphatic carbocycles. The molecule has 0 spiro atoms. The first-order valence-electron chi connectivity index (χ1n) is 7.28. The Morgan fingerprint density at radius 3 is 2.04 bits per heavy atom. The second-order valence-electron chi connectivity index (χ2n) is 5.19. The van der Waals surface area contributed by atoms with E-state index in [0.717, 1.165) is 16.0 Å². The van der Waals surface area contributed by atoms with Crippen LogP contribution in [0, 0.1) is 0 Å². The number of benzene rings is 2. The molecule has 0 bridgehead atoms. The van der Waals surface area contributed by atoms with Crippen LogP contribution in [0.1, 0.15) is 11.1 Å². The van der Waals surface area contributed by atoms with Gasteiger partial charge in [-0.15, -0.1) is 0 Å². The number of carboxylic acids is 1. The highest BCUT2D eigenvalue weighted by Gasteiger charge is 2.27. The second kappa shape index (κ2) is 7.98. The number of carbonyl (C=O) groups excluding carboxylic acids is 1. The molecule has 120 valence electrons. The van der Waals surface area contributed by atoms with Gasteiger partial charge in [-0.3, -0.25) is 4.90 Å². The van der Waals surface area contributed by atoms with Gasteiger partial charge in [0.05, 0.1) is 0 Å². The zero-order valence-electron chi connectivity index (χ0n) is 12.9. The van der Waals surface area contributed by atoms with Crippen LogP contribution in [0.4, 0.5) is 4.79 Å². The first kappa shape index (κ1) is 16.5. The third-order valence-electron chi connectivity index (χ3n) is 3.52. The van der Waals surface area contributed by atoms with E-state index in [1.807, 2.05) is 60.7 Å². The van der Waals surface area contributed by atoms with E-state index < -0.39 is 18.1 Å². The monoisotopic (exact) mass is 313 g/mol. The van der Waals surface area contributed by atoms with Crippen molar-refractivity contribution in [2.24, 2.45) is 0 Å². The number of carbonyl (C=O) groups is 2. The van der Waals surface area contributed by atoms with Crippen LogP contribution < -0.4 is 0 Å². The van der Waals surface area contributed by atoms with Crippen LogP contribution in [0.2, 0.25) is 0 Å². The lowest BCUT2D eigenvalue weighted by Gasteiger charge is -2.24. The minimum Gasteiger partial charge on any atom is -0.480 e. The van der Waals surface area contributed by atoms with Gasteiger partial charge in [0.25, 0.3) is 0 Å². The molecular formula is C18H19NO4. The van der Waals surface area contributed by atoms with Crippen molar-refractivity contribution in [3.8, 4) is 0 Å². The molecule has 2 aromatic carbocycles. The SMILES string of the molecule is CN(C(=O)OCc1ccccc1)[C@@H](Cc1ccccc1)C(=O)O. The van der Waals surface area contributed by atoms with Crippen molar-refractivity contribution in [1.29, 1.82) is 0 Å². The van der Waals surface area contributed by atoms with E-state index in [9.17, 15) is 14.7 Å². The first-order chi connectivity index (χ1) is 11.1. The third-order valence-corrected chi connectivity index (χ3v) is 3.52. The fourth-order valence-electron chi connectivity index (χ4n) is 2.18. The Labute approximate surface area is 135 Å². The van der Waals surface area contributed by atoms with Gasteiger partial charge in [0, 0.05) is 13.5 Å². The van der Waals surface area contributed by atoms with Gasteiger partial charge in [0.15, 0.2) is 0 Å². The quantitative estimate of drug-likeness (QED) is 0.890. The minimum absolute atomic E-state index is 0.113. The van der Waals surface area contributed by atoms with Crippen LogP contribution in [0.15, 0.2) is 60.7 Å². The van der Waals surface area contributed by atoms with Crippen molar-refractivity contribution in [3.63, 3.8) is 0 Å². The van der Waals surface area contributed by atoms with Gasteiger partial charge in [-0.05, 0) is 11.1 Å². The largest absolute Gasteiger partial charge is 0.480 e. The molecule has 23 heavy (non-hydrogen) atoms. The molecule has 5 heteroatoms. The molecule has 1 amide bonds. The van der Waals surface area contributed by atoms with E-state index in [0.29, 0.717) is 0 Å². The lowest BCUT2D eigenvalue weighted by Crippen LogP contribution is -2.44. The van der Waals surface area contributed by atoms with Gasteiger partial charge in [0.2, 0.25) is 0 Å². The number of likely N-dealkylation sites (N-methyl/N-ethyl adjacent to an activating group) is 1. The molecule has 0 saturated heterocycles. The third kappa shape index (κ3) is 4.85. The lowest BCUT2D eigenvalue weighted by atomic mass is 10.1. The zero-order chi connectivity index (χ0) is 16.7. The molecule has 0 aliphatic heterocycles. The molecule has 2 aromatic rings. The summed E-state index contributed by atoms with van der Waals surface area (Å²) in [5, 5.41) is 9.39. The predicted molar refractivity (Wildman–Crippen MR) is 86.0 cm³/mol. The summed E-state index contributed by atoms with van der Waals surface area (Å²) in [6, 6.07) is 17.5. The van der Waals surface area contributed by atoms with Crippen molar-refractivity contribution >= 4 is 12.1 Å². The van der Waals surface area contributed by atoms with E-state index in [1.54, 1.807) is 0 Å². The minimum atomic E-state index is -1.06. The smallest absolute Gasteiger partial charge is 0.410 e. The van der Waals surface area contributed by atoms with Gasteiger partial charge in [-0.1, -0.05) is 60.7 Å². The number of nitrogens with zero attached hydrogens (tertiary/aromatic N) is 1. The maximum atomic E-state index is 12.1. The average Bonchev–Trinajstić information content (AvgIpc) is 2.58. The Morgan fingerprint density at radius 2 is 1.52 bits per heavy atom. The number of rotatable bonds is 6. The second-order valence-corrected chi connectivity index (χ2v) is 5.19. The summed E-state index contributed by atoms with van der Waals surface area (Å²) in [4.78, 5) is 24.7. The van der Waals surface area contributed by atoms with Crippen molar-refractivity contribution in [1.82, 2.24) is 4.90 Å². The number of aliphatic carboxylic acids is 1. The number of carboxylic acid groups (broad SMARTS) is 1. The van der Waals surface area contributed by atoms with Gasteiger partial charge < -0.3 is 9.84 Å². The molecule has 2 rings (SSSR count). The Morgan fingerprint density at radius 1 is 1.00 bits per heavy atom. The molecule has 0 fully saturated rings. The zero-order valence-corrected chi connectivity index (χ0v) is 12.9. The molecular weight excluding hydrogens is 294 g/mol. The number of ether oxygens (including phenoxy) is 1. The summed E-state index contributed by atoms with van der Waals surface area (Å²) < 4.78 is 5.18. The fourth-order valence-corrected chi connectivity index (χ4v) is 2.18. The Bertz CT molecular complexity index is 643. The van der Waals surface area contributed by atoms with Crippen LogP contribution >= 0.6 is 0 Å². The van der Waals surface area contributed by atoms with Crippen molar-refractivity contribution in [3.05, 3.63) is 71.8 Å². The normalized spacial score (nSPS) is 11.5. The Hall–Kier alpha value is -2.82. The topological polar surface area (TPSA) is 66.8 Å². The van der Waals surface area contributed by atoms with Crippen molar-refractivity contribution in [2.75, 3.05) is 7.05 Å². The Kier molecular flexibility index (Phi) is 5.74. The van der Waals surface area contributed by atoms with E-state index >= 15 is 0 Å². The molecule has 0 aliphatic rings. The fraction of sp³-hybridized carbons (Fsp3) is 0.222. The summed E-state index contributed by atoms with van der Waals surface area (Å²) in [7, 11) is 1.44. The molecule has 1 N–H and O–H groups in total. The standard InChI is InChI=1S/C18H19NO4/c1-19(18(22)23-13-15-10-6-3-7-11-15)16(17(20)21)12-14-8-4-2-5-9-14/h2-11,16H,12-13H2,1H3,(H,20,21)/t16-/m0/s1. The van der Waals surface area contributed by atoms with Crippen LogP contribution in [-0.2, 0) is 22.6 Å². The number of amides is 1. The van der Waals surface area contributed by atoms with Crippen LogP contribution in [0.3, 0.4) is 0 Å². The maximum Gasteiger partial charge on any atom is 0.410 e. The van der Waals surface area contributed by atoms with E-state index in [1.165, 1.54) is 7.05 Å². The first-order valence-corrected chi connectivity index (χ1v) is 7.28. The molecule has 0 aromatic heterocycles. The van der Waals surface area contributed by atoms with E-state index in [2.05, 4.69) is 0 Å². The summed E-state index contributed by atoms with van der Waals surface area (Å²) in [6.45, 7) is 0.113. The van der Waals surface area contributed by atoms with Crippen LogP contribution in [-0.4, -0.2) is 35.2 Å². The molecule has 5 nitrogen and oxygen atoms in total. The van der Waals surface area contributed by atoms with Crippen molar-refractivity contribution in [2.45, 2.75) is 19.1 Å². The molecule has 0 heterocycles. The molecule has 1 atom stereocenters. The van der Waals surface area contributed by atoms with Gasteiger partial charge >= 0.3 is 12.1 Å². The summed E-state index contributed by atoms with van der Waals surface area (Å²) in [5.74, 6) is -1.06. The predicted octanol–water partition coefficient (Wildman–Crippen LogP) is 2.95. The van der Waals surface area contributed by atoms with Gasteiger partial charge in [-0.2, -0.15) is 0 Å². The lowest BCUT2D eigenvalue weighted by molar-refractivity contribution is -0.142. The van der Waals surface area contributed by atoms with Gasteiger partial charge in [0.1, 0.15) is 12.6 Å².